The molecule has 1 aliphatic heterocycles. The molecule has 0 amide bonds. The minimum atomic E-state index is -2.95. The van der Waals surface area contributed by atoms with Crippen LogP contribution in [0.4, 0.5) is 0 Å². The Hall–Kier alpha value is 0.160. The van der Waals surface area contributed by atoms with Crippen LogP contribution in [0.3, 0.4) is 0 Å². The molecule has 3 atom stereocenters. The van der Waals surface area contributed by atoms with Crippen LogP contribution >= 0.6 is 12.4 Å². The van der Waals surface area contributed by atoms with Crippen molar-refractivity contribution in [3.63, 3.8) is 0 Å². The minimum Gasteiger partial charge on any atom is -0.327 e. The first kappa shape index (κ1) is 12.6. The minimum absolute atomic E-state index is 0. The van der Waals surface area contributed by atoms with Crippen LogP contribution in [0.2, 0.25) is 0 Å². The summed E-state index contributed by atoms with van der Waals surface area (Å²) >= 11 is 0. The van der Waals surface area contributed by atoms with E-state index in [9.17, 15) is 8.42 Å². The SMILES string of the molecule is Cl.NC1CCC2CN(S(=O)(=O)C3CC3)CC12. The maximum Gasteiger partial charge on any atom is 0.217 e. The lowest BCUT2D eigenvalue weighted by Crippen LogP contribution is -2.35. The molecule has 4 nitrogen and oxygen atoms in total. The van der Waals surface area contributed by atoms with Gasteiger partial charge in [-0.3, -0.25) is 0 Å². The Morgan fingerprint density at radius 1 is 1.06 bits per heavy atom. The second-order valence-corrected chi connectivity index (χ2v) is 7.44. The van der Waals surface area contributed by atoms with Gasteiger partial charge in [0, 0.05) is 19.1 Å². The van der Waals surface area contributed by atoms with E-state index in [1.54, 1.807) is 4.31 Å². The van der Waals surface area contributed by atoms with Gasteiger partial charge in [0.05, 0.1) is 5.25 Å². The number of hydrogen-bond donors (Lipinski definition) is 1. The molecule has 2 saturated carbocycles. The third-order valence-electron chi connectivity index (χ3n) is 4.18. The summed E-state index contributed by atoms with van der Waals surface area (Å²) in [5, 5.41) is -0.0625. The van der Waals surface area contributed by atoms with E-state index < -0.39 is 10.0 Å². The van der Waals surface area contributed by atoms with Crippen molar-refractivity contribution in [3.8, 4) is 0 Å². The maximum absolute atomic E-state index is 12.0. The molecule has 0 bridgehead atoms. The topological polar surface area (TPSA) is 63.4 Å². The van der Waals surface area contributed by atoms with Crippen molar-refractivity contribution in [2.24, 2.45) is 17.6 Å². The second-order valence-electron chi connectivity index (χ2n) is 5.23. The lowest BCUT2D eigenvalue weighted by molar-refractivity contribution is 0.426. The van der Waals surface area contributed by atoms with E-state index in [4.69, 9.17) is 5.73 Å². The molecule has 2 N–H and O–H groups in total. The van der Waals surface area contributed by atoms with Crippen molar-refractivity contribution in [2.75, 3.05) is 13.1 Å². The zero-order valence-corrected chi connectivity index (χ0v) is 10.8. The average Bonchev–Trinajstić information content (AvgIpc) is 2.86. The van der Waals surface area contributed by atoms with Crippen LogP contribution in [-0.2, 0) is 10.0 Å². The van der Waals surface area contributed by atoms with E-state index in [0.29, 0.717) is 18.4 Å². The van der Waals surface area contributed by atoms with Crippen molar-refractivity contribution in [3.05, 3.63) is 0 Å². The highest BCUT2D eigenvalue weighted by molar-refractivity contribution is 7.90. The fourth-order valence-electron chi connectivity index (χ4n) is 3.05. The molecule has 0 aromatic rings. The zero-order chi connectivity index (χ0) is 10.6. The highest BCUT2D eigenvalue weighted by atomic mass is 35.5. The number of halogens is 1. The van der Waals surface area contributed by atoms with Gasteiger partial charge in [-0.15, -0.1) is 12.4 Å². The van der Waals surface area contributed by atoms with Crippen molar-refractivity contribution in [1.29, 1.82) is 0 Å². The third-order valence-corrected chi connectivity index (χ3v) is 6.52. The first-order valence-corrected chi connectivity index (χ1v) is 7.34. The fourth-order valence-corrected chi connectivity index (χ4v) is 4.98. The van der Waals surface area contributed by atoms with Crippen LogP contribution in [0, 0.1) is 11.8 Å². The molecule has 16 heavy (non-hydrogen) atoms. The number of nitrogens with zero attached hydrogens (tertiary/aromatic N) is 1. The average molecular weight is 267 g/mol. The Morgan fingerprint density at radius 2 is 1.75 bits per heavy atom. The lowest BCUT2D eigenvalue weighted by atomic mass is 9.98. The van der Waals surface area contributed by atoms with E-state index in [0.717, 1.165) is 32.2 Å². The molecule has 94 valence electrons. The summed E-state index contributed by atoms with van der Waals surface area (Å²) in [6.45, 7) is 1.42. The monoisotopic (exact) mass is 266 g/mol. The van der Waals surface area contributed by atoms with Gasteiger partial charge in [0.1, 0.15) is 0 Å². The van der Waals surface area contributed by atoms with Crippen molar-refractivity contribution in [2.45, 2.75) is 37.0 Å². The quantitative estimate of drug-likeness (QED) is 0.795. The van der Waals surface area contributed by atoms with Crippen LogP contribution < -0.4 is 5.73 Å². The van der Waals surface area contributed by atoms with Crippen LogP contribution in [-0.4, -0.2) is 37.1 Å². The predicted molar refractivity (Wildman–Crippen MR) is 65.0 cm³/mol. The summed E-state index contributed by atoms with van der Waals surface area (Å²) in [6, 6.07) is 0.231. The molecule has 0 spiro atoms. The molecule has 0 radical (unpaired) electrons. The van der Waals surface area contributed by atoms with Gasteiger partial charge in [-0.1, -0.05) is 0 Å². The molecule has 3 aliphatic rings. The summed E-state index contributed by atoms with van der Waals surface area (Å²) in [4.78, 5) is 0. The second kappa shape index (κ2) is 4.12. The molecule has 0 aromatic carbocycles. The van der Waals surface area contributed by atoms with Gasteiger partial charge >= 0.3 is 0 Å². The Balaban J connectivity index is 0.000000963. The van der Waals surface area contributed by atoms with Gasteiger partial charge in [0.25, 0.3) is 0 Å². The van der Waals surface area contributed by atoms with E-state index in [2.05, 4.69) is 0 Å². The van der Waals surface area contributed by atoms with Crippen molar-refractivity contribution in [1.82, 2.24) is 4.31 Å². The summed E-state index contributed by atoms with van der Waals surface area (Å²) in [5.74, 6) is 0.965. The van der Waals surface area contributed by atoms with Crippen LogP contribution in [0.1, 0.15) is 25.7 Å². The summed E-state index contributed by atoms with van der Waals surface area (Å²) in [7, 11) is -2.95. The van der Waals surface area contributed by atoms with E-state index >= 15 is 0 Å². The van der Waals surface area contributed by atoms with Gasteiger partial charge in [0.15, 0.2) is 0 Å². The zero-order valence-electron chi connectivity index (χ0n) is 9.21. The van der Waals surface area contributed by atoms with Crippen LogP contribution in [0.5, 0.6) is 0 Å². The molecular weight excluding hydrogens is 248 g/mol. The van der Waals surface area contributed by atoms with Gasteiger partial charge in [0.2, 0.25) is 10.0 Å². The van der Waals surface area contributed by atoms with E-state index in [1.165, 1.54) is 0 Å². The molecule has 6 heteroatoms. The Kier molecular flexibility index (Phi) is 3.25. The Labute approximate surface area is 103 Å². The Bertz CT molecular complexity index is 369. The van der Waals surface area contributed by atoms with E-state index in [1.807, 2.05) is 0 Å². The van der Waals surface area contributed by atoms with Gasteiger partial charge < -0.3 is 5.73 Å². The number of fused-ring (bicyclic) bond motifs is 1. The first-order valence-electron chi connectivity index (χ1n) is 5.83. The summed E-state index contributed by atoms with van der Waals surface area (Å²) in [5.41, 5.74) is 6.00. The Morgan fingerprint density at radius 3 is 2.31 bits per heavy atom. The number of hydrogen-bond acceptors (Lipinski definition) is 3. The lowest BCUT2D eigenvalue weighted by Gasteiger charge is -2.18. The summed E-state index contributed by atoms with van der Waals surface area (Å²) in [6.07, 6.45) is 3.91. The largest absolute Gasteiger partial charge is 0.327 e. The van der Waals surface area contributed by atoms with Gasteiger partial charge in [-0.05, 0) is 37.5 Å². The van der Waals surface area contributed by atoms with Crippen molar-refractivity contribution < 1.29 is 8.42 Å². The van der Waals surface area contributed by atoms with Crippen molar-refractivity contribution >= 4 is 22.4 Å². The molecule has 0 aromatic heterocycles. The highest BCUT2D eigenvalue weighted by Crippen LogP contribution is 2.41. The molecule has 2 aliphatic carbocycles. The van der Waals surface area contributed by atoms with Crippen LogP contribution in [0.25, 0.3) is 0 Å². The van der Waals surface area contributed by atoms with Gasteiger partial charge in [-0.25, -0.2) is 12.7 Å². The molecular formula is C10H19ClN2O2S. The molecule has 1 heterocycles. The molecule has 3 fully saturated rings. The number of rotatable bonds is 2. The first-order chi connectivity index (χ1) is 7.09. The standard InChI is InChI=1S/C10H18N2O2S.ClH/c11-10-4-1-7-5-12(6-9(7)10)15(13,14)8-2-3-8;/h7-10H,1-6,11H2;1H. The van der Waals surface area contributed by atoms with E-state index in [-0.39, 0.29) is 23.7 Å². The maximum atomic E-state index is 12.0. The number of nitrogens with two attached hydrogens (primary N) is 1. The normalized spacial score (nSPS) is 39.4. The fraction of sp³-hybridized carbons (Fsp3) is 1.00. The molecule has 3 rings (SSSR count). The highest BCUT2D eigenvalue weighted by Gasteiger charge is 2.48. The summed E-state index contributed by atoms with van der Waals surface area (Å²) < 4.78 is 25.7. The molecule has 1 saturated heterocycles. The smallest absolute Gasteiger partial charge is 0.217 e. The predicted octanol–water partition coefficient (Wildman–Crippen LogP) is 0.570. The van der Waals surface area contributed by atoms with Crippen LogP contribution in [0.15, 0.2) is 0 Å². The number of sulfonamides is 1. The molecule has 3 unspecified atom stereocenters. The third kappa shape index (κ3) is 1.88. The van der Waals surface area contributed by atoms with Gasteiger partial charge in [-0.2, -0.15) is 0 Å².